The van der Waals surface area contributed by atoms with E-state index < -0.39 is 0 Å². The maximum Gasteiger partial charge on any atom is 0.282 e. The first kappa shape index (κ1) is 23.1. The zero-order valence-electron chi connectivity index (χ0n) is 20.1. The van der Waals surface area contributed by atoms with Gasteiger partial charge in [0.2, 0.25) is 0 Å². The first-order valence-corrected chi connectivity index (χ1v) is 11.0. The molecule has 3 aromatic rings. The van der Waals surface area contributed by atoms with Gasteiger partial charge in [0.1, 0.15) is 17.2 Å². The second kappa shape index (κ2) is 9.43. The molecule has 0 saturated carbocycles. The Morgan fingerprint density at radius 1 is 0.853 bits per heavy atom. The summed E-state index contributed by atoms with van der Waals surface area (Å²) in [5.41, 5.74) is 4.94. The van der Waals surface area contributed by atoms with Crippen molar-refractivity contribution in [2.45, 2.75) is 20.4 Å². The molecule has 0 unspecified atom stereocenters. The first-order chi connectivity index (χ1) is 16.3. The van der Waals surface area contributed by atoms with Crippen LogP contribution in [0.5, 0.6) is 11.5 Å². The van der Waals surface area contributed by atoms with Crippen LogP contribution in [0.3, 0.4) is 0 Å². The maximum absolute atomic E-state index is 13.9. The van der Waals surface area contributed by atoms with Crippen molar-refractivity contribution < 1.29 is 19.1 Å². The number of methoxy groups -OCH3 is 2. The molecule has 0 radical (unpaired) electrons. The van der Waals surface area contributed by atoms with Crippen molar-refractivity contribution in [2.24, 2.45) is 0 Å². The van der Waals surface area contributed by atoms with Gasteiger partial charge in [-0.15, -0.1) is 0 Å². The molecular weight excluding hydrogens is 428 g/mol. The third-order valence-corrected chi connectivity index (χ3v) is 5.98. The summed E-state index contributed by atoms with van der Waals surface area (Å²) in [6, 6.07) is 20.8. The van der Waals surface area contributed by atoms with Crippen LogP contribution in [0.1, 0.15) is 22.3 Å². The number of imide groups is 1. The highest BCUT2D eigenvalue weighted by molar-refractivity contribution is 6.45. The van der Waals surface area contributed by atoms with Gasteiger partial charge in [0.25, 0.3) is 11.8 Å². The van der Waals surface area contributed by atoms with Crippen LogP contribution < -0.4 is 14.4 Å². The lowest BCUT2D eigenvalue weighted by atomic mass is 9.97. The summed E-state index contributed by atoms with van der Waals surface area (Å²) < 4.78 is 10.8. The average Bonchev–Trinajstić information content (AvgIpc) is 3.09. The zero-order valence-corrected chi connectivity index (χ0v) is 20.1. The Kier molecular flexibility index (Phi) is 6.41. The molecule has 34 heavy (non-hydrogen) atoms. The normalized spacial score (nSPS) is 13.5. The molecule has 1 heterocycles. The highest BCUT2D eigenvalue weighted by Crippen LogP contribution is 2.40. The minimum atomic E-state index is -0.387. The number of hydrogen-bond acceptors (Lipinski definition) is 5. The van der Waals surface area contributed by atoms with Gasteiger partial charge in [-0.1, -0.05) is 54.1 Å². The van der Waals surface area contributed by atoms with Gasteiger partial charge in [-0.25, -0.2) is 4.90 Å². The summed E-state index contributed by atoms with van der Waals surface area (Å²) >= 11 is 0. The number of ether oxygens (including phenoxy) is 2. The first-order valence-electron chi connectivity index (χ1n) is 11.0. The number of aryl methyl sites for hydroxylation is 2. The topological polar surface area (TPSA) is 59.1 Å². The van der Waals surface area contributed by atoms with Crippen molar-refractivity contribution in [3.8, 4) is 11.5 Å². The molecule has 1 aliphatic heterocycles. The summed E-state index contributed by atoms with van der Waals surface area (Å²) in [5, 5.41) is 0. The number of hydrogen-bond donors (Lipinski definition) is 0. The number of rotatable bonds is 7. The Bertz CT molecular complexity index is 1280. The number of nitrogens with zero attached hydrogens (tertiary/aromatic N) is 2. The summed E-state index contributed by atoms with van der Waals surface area (Å²) in [7, 11) is 4.90. The average molecular weight is 457 g/mol. The number of carbonyl (C=O) groups excluding carboxylic acids is 2. The Balaban J connectivity index is 1.85. The number of carbonyl (C=O) groups is 2. The summed E-state index contributed by atoms with van der Waals surface area (Å²) in [5.74, 6) is 0.189. The standard InChI is InChI=1S/C28H28N2O4/c1-18-11-13-22(19(2)15-18)25-26(29(3)17-20-9-7-6-8-10-20)28(32)30(27(25)31)23-14-12-21(33-4)16-24(23)34-5/h6-16H,17H2,1-5H3. The molecule has 1 aliphatic rings. The molecule has 0 saturated heterocycles. The van der Waals surface area contributed by atoms with Gasteiger partial charge in [0.15, 0.2) is 0 Å². The molecule has 0 spiro atoms. The minimum Gasteiger partial charge on any atom is -0.497 e. The SMILES string of the molecule is COc1ccc(N2C(=O)C(c3ccc(C)cc3C)=C(N(C)Cc3ccccc3)C2=O)c(OC)c1. The van der Waals surface area contributed by atoms with E-state index in [-0.39, 0.29) is 11.8 Å². The Morgan fingerprint density at radius 2 is 1.59 bits per heavy atom. The van der Waals surface area contributed by atoms with Crippen LogP contribution in [-0.4, -0.2) is 38.0 Å². The summed E-state index contributed by atoms with van der Waals surface area (Å²) in [6.07, 6.45) is 0. The van der Waals surface area contributed by atoms with E-state index >= 15 is 0 Å². The minimum absolute atomic E-state index is 0.360. The van der Waals surface area contributed by atoms with Crippen LogP contribution in [0, 0.1) is 13.8 Å². The Labute approximate surface area is 200 Å². The smallest absolute Gasteiger partial charge is 0.282 e. The quantitative estimate of drug-likeness (QED) is 0.481. The molecule has 0 fully saturated rings. The van der Waals surface area contributed by atoms with E-state index in [2.05, 4.69) is 0 Å². The maximum atomic E-state index is 13.9. The predicted octanol–water partition coefficient (Wildman–Crippen LogP) is 4.74. The van der Waals surface area contributed by atoms with Crippen molar-refractivity contribution in [1.82, 2.24) is 4.90 Å². The number of amides is 2. The van der Waals surface area contributed by atoms with Crippen molar-refractivity contribution >= 4 is 23.1 Å². The Morgan fingerprint density at radius 3 is 2.24 bits per heavy atom. The van der Waals surface area contributed by atoms with Gasteiger partial charge in [0.05, 0.1) is 25.5 Å². The molecule has 3 aromatic carbocycles. The largest absolute Gasteiger partial charge is 0.497 e. The van der Waals surface area contributed by atoms with E-state index in [1.165, 1.54) is 12.0 Å². The lowest BCUT2D eigenvalue weighted by molar-refractivity contribution is -0.120. The molecular formula is C28H28N2O4. The second-order valence-corrected chi connectivity index (χ2v) is 8.37. The van der Waals surface area contributed by atoms with Gasteiger partial charge in [-0.05, 0) is 42.7 Å². The molecule has 0 aromatic heterocycles. The van der Waals surface area contributed by atoms with Crippen LogP contribution >= 0.6 is 0 Å². The molecule has 6 heteroatoms. The zero-order chi connectivity index (χ0) is 24.4. The molecule has 6 nitrogen and oxygen atoms in total. The third-order valence-electron chi connectivity index (χ3n) is 5.98. The summed E-state index contributed by atoms with van der Waals surface area (Å²) in [4.78, 5) is 30.8. The number of benzene rings is 3. The fourth-order valence-electron chi connectivity index (χ4n) is 4.33. The highest BCUT2D eigenvalue weighted by atomic mass is 16.5. The monoisotopic (exact) mass is 456 g/mol. The van der Waals surface area contributed by atoms with Crippen molar-refractivity contribution in [3.05, 3.63) is 94.7 Å². The molecule has 0 aliphatic carbocycles. The fourth-order valence-corrected chi connectivity index (χ4v) is 4.33. The molecule has 174 valence electrons. The van der Waals surface area contributed by atoms with E-state index in [0.717, 1.165) is 22.3 Å². The van der Waals surface area contributed by atoms with Crippen LogP contribution in [0.25, 0.3) is 5.57 Å². The molecule has 0 bridgehead atoms. The van der Waals surface area contributed by atoms with Crippen molar-refractivity contribution in [3.63, 3.8) is 0 Å². The third kappa shape index (κ3) is 4.15. The lowest BCUT2D eigenvalue weighted by Gasteiger charge is -2.22. The van der Waals surface area contributed by atoms with E-state index in [9.17, 15) is 9.59 Å². The Hall–Kier alpha value is -4.06. The van der Waals surface area contributed by atoms with Crippen molar-refractivity contribution in [1.29, 1.82) is 0 Å². The molecule has 0 N–H and O–H groups in total. The van der Waals surface area contributed by atoms with E-state index in [1.54, 1.807) is 25.3 Å². The van der Waals surface area contributed by atoms with Gasteiger partial charge in [0, 0.05) is 19.7 Å². The van der Waals surface area contributed by atoms with Crippen LogP contribution in [0.2, 0.25) is 0 Å². The van der Waals surface area contributed by atoms with Gasteiger partial charge in [-0.2, -0.15) is 0 Å². The molecule has 0 atom stereocenters. The van der Waals surface area contributed by atoms with E-state index in [1.807, 2.05) is 74.3 Å². The van der Waals surface area contributed by atoms with Gasteiger partial charge >= 0.3 is 0 Å². The van der Waals surface area contributed by atoms with Crippen molar-refractivity contribution in [2.75, 3.05) is 26.2 Å². The van der Waals surface area contributed by atoms with E-state index in [4.69, 9.17) is 9.47 Å². The fraction of sp³-hybridized carbons (Fsp3) is 0.214. The lowest BCUT2D eigenvalue weighted by Crippen LogP contribution is -2.34. The predicted molar refractivity (Wildman–Crippen MR) is 133 cm³/mol. The van der Waals surface area contributed by atoms with Gasteiger partial charge in [-0.3, -0.25) is 9.59 Å². The second-order valence-electron chi connectivity index (χ2n) is 8.37. The summed E-state index contributed by atoms with van der Waals surface area (Å²) in [6.45, 7) is 4.44. The highest BCUT2D eigenvalue weighted by Gasteiger charge is 2.43. The molecule has 2 amide bonds. The van der Waals surface area contributed by atoms with E-state index in [0.29, 0.717) is 35.0 Å². The van der Waals surface area contributed by atoms with Crippen LogP contribution in [0.4, 0.5) is 5.69 Å². The molecule has 4 rings (SSSR count). The number of anilines is 1. The van der Waals surface area contributed by atoms with Gasteiger partial charge < -0.3 is 14.4 Å². The number of likely N-dealkylation sites (N-methyl/N-ethyl adjacent to an activating group) is 1. The van der Waals surface area contributed by atoms with Crippen LogP contribution in [0.15, 0.2) is 72.4 Å². The van der Waals surface area contributed by atoms with Crippen LogP contribution in [-0.2, 0) is 16.1 Å².